The van der Waals surface area contributed by atoms with Crippen LogP contribution in [0.2, 0.25) is 0 Å². The highest BCUT2D eigenvalue weighted by atomic mass is 14.4. The molecule has 76 valence electrons. The van der Waals surface area contributed by atoms with E-state index in [0.717, 1.165) is 17.8 Å². The average molecular weight is 188 g/mol. The van der Waals surface area contributed by atoms with Crippen LogP contribution in [0.15, 0.2) is 23.3 Å². The van der Waals surface area contributed by atoms with Crippen molar-refractivity contribution in [1.82, 2.24) is 0 Å². The van der Waals surface area contributed by atoms with Crippen LogP contribution in [0, 0.1) is 17.8 Å². The molecule has 14 heavy (non-hydrogen) atoms. The molecule has 0 heteroatoms. The van der Waals surface area contributed by atoms with Crippen LogP contribution < -0.4 is 0 Å². The Morgan fingerprint density at radius 2 is 2.00 bits per heavy atom. The number of hydrogen-bond donors (Lipinski definition) is 0. The smallest absolute Gasteiger partial charge is 0.0132 e. The lowest BCUT2D eigenvalue weighted by molar-refractivity contribution is 0.472. The van der Waals surface area contributed by atoms with Gasteiger partial charge >= 0.3 is 0 Å². The van der Waals surface area contributed by atoms with Gasteiger partial charge in [-0.1, -0.05) is 24.6 Å². The summed E-state index contributed by atoms with van der Waals surface area (Å²) in [6, 6.07) is 0. The lowest BCUT2D eigenvalue weighted by Gasteiger charge is -2.30. The normalized spacial score (nSPS) is 41.1. The standard InChI is InChI=1S/C14H20/c1-10-8-12-7-6-11-4-2-3-5-13(11)14(12)9-10/h6-7,10,12,14H,2-5,8-9H2,1H3. The molecule has 0 saturated heterocycles. The Morgan fingerprint density at radius 3 is 2.93 bits per heavy atom. The summed E-state index contributed by atoms with van der Waals surface area (Å²) in [7, 11) is 0. The Bertz CT molecular complexity index is 295. The van der Waals surface area contributed by atoms with Gasteiger partial charge in [-0.05, 0) is 61.9 Å². The Labute approximate surface area is 87.1 Å². The first kappa shape index (κ1) is 8.76. The third kappa shape index (κ3) is 1.27. The second kappa shape index (κ2) is 3.25. The first-order valence-electron chi connectivity index (χ1n) is 6.24. The molecule has 3 unspecified atom stereocenters. The molecule has 0 aromatic heterocycles. The average Bonchev–Trinajstić information content (AvgIpc) is 2.59. The maximum Gasteiger partial charge on any atom is -0.0132 e. The van der Waals surface area contributed by atoms with Crippen LogP contribution in [-0.2, 0) is 0 Å². The molecule has 0 aromatic rings. The molecule has 3 aliphatic rings. The number of hydrogen-bond acceptors (Lipinski definition) is 0. The third-order valence-electron chi connectivity index (χ3n) is 4.39. The van der Waals surface area contributed by atoms with Gasteiger partial charge in [0.05, 0.1) is 0 Å². The molecular weight excluding hydrogens is 168 g/mol. The van der Waals surface area contributed by atoms with Crippen molar-refractivity contribution in [3.63, 3.8) is 0 Å². The minimum Gasteiger partial charge on any atom is -0.0805 e. The first-order valence-corrected chi connectivity index (χ1v) is 6.24. The third-order valence-corrected chi connectivity index (χ3v) is 4.39. The quantitative estimate of drug-likeness (QED) is 0.537. The molecule has 3 atom stereocenters. The molecule has 0 nitrogen and oxygen atoms in total. The summed E-state index contributed by atoms with van der Waals surface area (Å²) in [6.07, 6.45) is 13.5. The zero-order valence-corrected chi connectivity index (χ0v) is 9.13. The van der Waals surface area contributed by atoms with Crippen LogP contribution in [0.1, 0.15) is 45.4 Å². The van der Waals surface area contributed by atoms with E-state index < -0.39 is 0 Å². The van der Waals surface area contributed by atoms with Crippen molar-refractivity contribution in [1.29, 1.82) is 0 Å². The molecule has 0 aliphatic heterocycles. The van der Waals surface area contributed by atoms with E-state index in [1.165, 1.54) is 38.5 Å². The molecule has 0 aromatic carbocycles. The second-order valence-corrected chi connectivity index (χ2v) is 5.46. The number of rotatable bonds is 0. The van der Waals surface area contributed by atoms with E-state index >= 15 is 0 Å². The minimum atomic E-state index is 0.904. The predicted octanol–water partition coefficient (Wildman–Crippen LogP) is 4.09. The Morgan fingerprint density at radius 1 is 1.14 bits per heavy atom. The van der Waals surface area contributed by atoms with Gasteiger partial charge in [0.1, 0.15) is 0 Å². The monoisotopic (exact) mass is 188 g/mol. The lowest BCUT2D eigenvalue weighted by atomic mass is 9.75. The van der Waals surface area contributed by atoms with E-state index in [0.29, 0.717) is 0 Å². The predicted molar refractivity (Wildman–Crippen MR) is 60.0 cm³/mol. The lowest BCUT2D eigenvalue weighted by Crippen LogP contribution is -2.16. The highest BCUT2D eigenvalue weighted by Gasteiger charge is 2.35. The molecule has 3 aliphatic carbocycles. The summed E-state index contributed by atoms with van der Waals surface area (Å²) in [5.74, 6) is 2.82. The van der Waals surface area contributed by atoms with E-state index in [4.69, 9.17) is 0 Å². The molecule has 1 saturated carbocycles. The highest BCUT2D eigenvalue weighted by Crippen LogP contribution is 2.48. The van der Waals surface area contributed by atoms with Crippen molar-refractivity contribution in [2.75, 3.05) is 0 Å². The summed E-state index contributed by atoms with van der Waals surface area (Å²) in [4.78, 5) is 0. The largest absolute Gasteiger partial charge is 0.0805 e. The molecule has 1 fully saturated rings. The van der Waals surface area contributed by atoms with Crippen molar-refractivity contribution in [3.05, 3.63) is 23.3 Å². The Balaban J connectivity index is 1.93. The fourth-order valence-corrected chi connectivity index (χ4v) is 3.75. The molecule has 3 rings (SSSR count). The van der Waals surface area contributed by atoms with Gasteiger partial charge in [0, 0.05) is 0 Å². The van der Waals surface area contributed by atoms with E-state index in [1.54, 1.807) is 5.57 Å². The van der Waals surface area contributed by atoms with Crippen molar-refractivity contribution >= 4 is 0 Å². The van der Waals surface area contributed by atoms with Crippen LogP contribution >= 0.6 is 0 Å². The molecular formula is C14H20. The van der Waals surface area contributed by atoms with Gasteiger partial charge < -0.3 is 0 Å². The topological polar surface area (TPSA) is 0 Å². The summed E-state index contributed by atoms with van der Waals surface area (Å²) in [6.45, 7) is 2.43. The van der Waals surface area contributed by atoms with Crippen molar-refractivity contribution in [3.8, 4) is 0 Å². The SMILES string of the molecule is CC1CC2C=CC3=C(CCCC3)C2C1. The highest BCUT2D eigenvalue weighted by molar-refractivity contribution is 5.35. The Kier molecular flexibility index (Phi) is 2.04. The van der Waals surface area contributed by atoms with Crippen LogP contribution in [-0.4, -0.2) is 0 Å². The van der Waals surface area contributed by atoms with Gasteiger partial charge in [-0.2, -0.15) is 0 Å². The second-order valence-electron chi connectivity index (χ2n) is 5.46. The molecule has 0 radical (unpaired) electrons. The zero-order valence-electron chi connectivity index (χ0n) is 9.13. The van der Waals surface area contributed by atoms with Crippen molar-refractivity contribution < 1.29 is 0 Å². The number of fused-ring (bicyclic) bond motifs is 2. The van der Waals surface area contributed by atoms with Gasteiger partial charge in [-0.25, -0.2) is 0 Å². The molecule has 0 N–H and O–H groups in total. The van der Waals surface area contributed by atoms with Gasteiger partial charge in [-0.15, -0.1) is 0 Å². The molecule has 0 bridgehead atoms. The fraction of sp³-hybridized carbons (Fsp3) is 0.714. The van der Waals surface area contributed by atoms with E-state index in [9.17, 15) is 0 Å². The van der Waals surface area contributed by atoms with Gasteiger partial charge in [-0.3, -0.25) is 0 Å². The van der Waals surface area contributed by atoms with Crippen LogP contribution in [0.5, 0.6) is 0 Å². The zero-order chi connectivity index (χ0) is 9.54. The summed E-state index contributed by atoms with van der Waals surface area (Å²) in [5, 5.41) is 0. The molecule has 0 amide bonds. The van der Waals surface area contributed by atoms with Crippen LogP contribution in [0.3, 0.4) is 0 Å². The fourth-order valence-electron chi connectivity index (χ4n) is 3.75. The maximum atomic E-state index is 2.51. The summed E-state index contributed by atoms with van der Waals surface area (Å²) in [5.41, 5.74) is 3.57. The molecule has 0 heterocycles. The van der Waals surface area contributed by atoms with Crippen LogP contribution in [0.25, 0.3) is 0 Å². The number of allylic oxidation sites excluding steroid dienone is 4. The van der Waals surface area contributed by atoms with Gasteiger partial charge in [0.2, 0.25) is 0 Å². The first-order chi connectivity index (χ1) is 6.84. The maximum absolute atomic E-state index is 2.51. The van der Waals surface area contributed by atoms with Crippen molar-refractivity contribution in [2.24, 2.45) is 17.8 Å². The van der Waals surface area contributed by atoms with Gasteiger partial charge in [0.25, 0.3) is 0 Å². The van der Waals surface area contributed by atoms with Crippen LogP contribution in [0.4, 0.5) is 0 Å². The van der Waals surface area contributed by atoms with Gasteiger partial charge in [0.15, 0.2) is 0 Å². The van der Waals surface area contributed by atoms with E-state index in [1.807, 2.05) is 5.57 Å². The van der Waals surface area contributed by atoms with E-state index in [-0.39, 0.29) is 0 Å². The van der Waals surface area contributed by atoms with E-state index in [2.05, 4.69) is 19.1 Å². The van der Waals surface area contributed by atoms with Crippen molar-refractivity contribution in [2.45, 2.75) is 45.4 Å². The Hall–Kier alpha value is -0.520. The molecule has 0 spiro atoms. The minimum absolute atomic E-state index is 0.904. The summed E-state index contributed by atoms with van der Waals surface area (Å²) < 4.78 is 0. The summed E-state index contributed by atoms with van der Waals surface area (Å²) >= 11 is 0.